The van der Waals surface area contributed by atoms with Gasteiger partial charge in [0.05, 0.1) is 44.2 Å². The van der Waals surface area contributed by atoms with E-state index in [0.29, 0.717) is 25.4 Å². The van der Waals surface area contributed by atoms with Gasteiger partial charge in [0.2, 0.25) is 0 Å². The maximum atomic E-state index is 5.89. The molecule has 0 amide bonds. The molecule has 2 heterocycles. The van der Waals surface area contributed by atoms with E-state index in [1.165, 1.54) is 0 Å². The first-order valence-corrected chi connectivity index (χ1v) is 6.63. The van der Waals surface area contributed by atoms with Gasteiger partial charge in [-0.15, -0.1) is 0 Å². The van der Waals surface area contributed by atoms with E-state index in [4.69, 9.17) is 18.9 Å². The Labute approximate surface area is 109 Å². The van der Waals surface area contributed by atoms with Gasteiger partial charge in [-0.1, -0.05) is 6.58 Å². The van der Waals surface area contributed by atoms with Crippen LogP contribution in [-0.2, 0) is 18.9 Å². The van der Waals surface area contributed by atoms with Crippen LogP contribution in [0.5, 0.6) is 0 Å². The second-order valence-corrected chi connectivity index (χ2v) is 5.80. The fraction of sp³-hybridized carbons (Fsp3) is 0.857. The van der Waals surface area contributed by atoms with Gasteiger partial charge < -0.3 is 18.9 Å². The summed E-state index contributed by atoms with van der Waals surface area (Å²) in [6.45, 7) is 13.1. The molecule has 3 atom stereocenters. The molecule has 2 rings (SSSR count). The molecule has 18 heavy (non-hydrogen) atoms. The van der Waals surface area contributed by atoms with Crippen molar-refractivity contribution in [3.05, 3.63) is 12.2 Å². The molecular weight excluding hydrogens is 232 g/mol. The summed E-state index contributed by atoms with van der Waals surface area (Å²) in [5, 5.41) is 0. The highest BCUT2D eigenvalue weighted by Gasteiger charge is 2.32. The van der Waals surface area contributed by atoms with Crippen LogP contribution in [0.1, 0.15) is 27.2 Å². The van der Waals surface area contributed by atoms with Crippen molar-refractivity contribution in [1.29, 1.82) is 0 Å². The van der Waals surface area contributed by atoms with E-state index in [2.05, 4.69) is 20.4 Å². The Morgan fingerprint density at radius 1 is 1.33 bits per heavy atom. The Morgan fingerprint density at radius 3 is 2.50 bits per heavy atom. The predicted molar refractivity (Wildman–Crippen MR) is 68.7 cm³/mol. The maximum absolute atomic E-state index is 5.89. The molecule has 0 saturated carbocycles. The summed E-state index contributed by atoms with van der Waals surface area (Å²) in [7, 11) is 0. The molecule has 104 valence electrons. The molecule has 4 heteroatoms. The Bertz CT molecular complexity index is 292. The smallest absolute Gasteiger partial charge is 0.104 e. The number of rotatable bonds is 9. The Hall–Kier alpha value is -0.420. The molecule has 2 fully saturated rings. The molecule has 0 radical (unpaired) electrons. The molecule has 2 saturated heterocycles. The van der Waals surface area contributed by atoms with Gasteiger partial charge in [-0.05, 0) is 26.3 Å². The third kappa shape index (κ3) is 5.06. The monoisotopic (exact) mass is 256 g/mol. The number of hydrogen-bond acceptors (Lipinski definition) is 4. The maximum Gasteiger partial charge on any atom is 0.104 e. The lowest BCUT2D eigenvalue weighted by molar-refractivity contribution is -0.0253. The second-order valence-electron chi connectivity index (χ2n) is 5.80. The van der Waals surface area contributed by atoms with E-state index in [1.807, 2.05) is 6.92 Å². The highest BCUT2D eigenvalue weighted by Crippen LogP contribution is 2.26. The van der Waals surface area contributed by atoms with Crippen molar-refractivity contribution in [2.24, 2.45) is 0 Å². The molecule has 4 nitrogen and oxygen atoms in total. The van der Waals surface area contributed by atoms with Crippen molar-refractivity contribution in [1.82, 2.24) is 0 Å². The van der Waals surface area contributed by atoms with Crippen molar-refractivity contribution >= 4 is 0 Å². The van der Waals surface area contributed by atoms with Crippen molar-refractivity contribution in [2.75, 3.05) is 26.4 Å². The lowest BCUT2D eigenvalue weighted by Crippen LogP contribution is -2.29. The minimum Gasteiger partial charge on any atom is -0.373 e. The first-order valence-electron chi connectivity index (χ1n) is 6.63. The summed E-state index contributed by atoms with van der Waals surface area (Å²) >= 11 is 0. The highest BCUT2D eigenvalue weighted by atomic mass is 16.6. The van der Waals surface area contributed by atoms with E-state index in [9.17, 15) is 0 Å². The van der Waals surface area contributed by atoms with Crippen LogP contribution in [0.4, 0.5) is 0 Å². The minimum atomic E-state index is -0.163. The second kappa shape index (κ2) is 5.70. The summed E-state index contributed by atoms with van der Waals surface area (Å²) < 4.78 is 21.9. The highest BCUT2D eigenvalue weighted by molar-refractivity contribution is 5.02. The van der Waals surface area contributed by atoms with Gasteiger partial charge >= 0.3 is 0 Å². The van der Waals surface area contributed by atoms with E-state index in [-0.39, 0.29) is 11.7 Å². The van der Waals surface area contributed by atoms with E-state index < -0.39 is 0 Å². The number of ether oxygens (including phenoxy) is 4. The van der Waals surface area contributed by atoms with Crippen molar-refractivity contribution in [2.45, 2.75) is 51.1 Å². The Kier molecular flexibility index (Phi) is 4.43. The van der Waals surface area contributed by atoms with Gasteiger partial charge in [0, 0.05) is 6.42 Å². The topological polar surface area (TPSA) is 43.5 Å². The zero-order valence-electron chi connectivity index (χ0n) is 11.6. The molecular formula is C14H24O4. The third-order valence-corrected chi connectivity index (χ3v) is 3.28. The average molecular weight is 256 g/mol. The van der Waals surface area contributed by atoms with E-state index >= 15 is 0 Å². The van der Waals surface area contributed by atoms with E-state index in [1.54, 1.807) is 0 Å². The van der Waals surface area contributed by atoms with Crippen LogP contribution in [0, 0.1) is 0 Å². The van der Waals surface area contributed by atoms with Gasteiger partial charge in [0.25, 0.3) is 0 Å². The van der Waals surface area contributed by atoms with Crippen molar-refractivity contribution in [3.8, 4) is 0 Å². The predicted octanol–water partition coefficient (Wildman–Crippen LogP) is 1.93. The molecule has 0 aromatic rings. The lowest BCUT2D eigenvalue weighted by atomic mass is 10.0. The standard InChI is InChI=1S/C14H24O4/c1-10(11(2)15-8-13-9-17-13)6-18-14(3,4)5-12-7-16-12/h11-13H,1,5-9H2,2-4H3. The van der Waals surface area contributed by atoms with Crippen LogP contribution in [0.15, 0.2) is 12.2 Å². The van der Waals surface area contributed by atoms with Crippen LogP contribution in [0.25, 0.3) is 0 Å². The zero-order valence-corrected chi connectivity index (χ0v) is 11.6. The van der Waals surface area contributed by atoms with E-state index in [0.717, 1.165) is 25.2 Å². The molecule has 0 aromatic heterocycles. The van der Waals surface area contributed by atoms with Crippen LogP contribution in [0.2, 0.25) is 0 Å². The lowest BCUT2D eigenvalue weighted by Gasteiger charge is -2.26. The number of hydrogen-bond donors (Lipinski definition) is 0. The fourth-order valence-electron chi connectivity index (χ4n) is 1.73. The van der Waals surface area contributed by atoms with Crippen LogP contribution in [-0.4, -0.2) is 50.3 Å². The summed E-state index contributed by atoms with van der Waals surface area (Å²) in [4.78, 5) is 0. The molecule has 0 aromatic carbocycles. The molecule has 0 bridgehead atoms. The molecule has 2 aliphatic heterocycles. The first kappa shape index (κ1) is 14.0. The van der Waals surface area contributed by atoms with Crippen LogP contribution < -0.4 is 0 Å². The van der Waals surface area contributed by atoms with Crippen molar-refractivity contribution in [3.63, 3.8) is 0 Å². The van der Waals surface area contributed by atoms with Gasteiger partial charge in [0.15, 0.2) is 0 Å². The fourth-order valence-corrected chi connectivity index (χ4v) is 1.73. The quantitative estimate of drug-likeness (QED) is 0.467. The van der Waals surface area contributed by atoms with Crippen LogP contribution in [0.3, 0.4) is 0 Å². The average Bonchev–Trinajstić information content (AvgIpc) is 3.16. The molecule has 2 aliphatic rings. The summed E-state index contributed by atoms with van der Waals surface area (Å²) in [5.41, 5.74) is 0.809. The van der Waals surface area contributed by atoms with Gasteiger partial charge in [-0.3, -0.25) is 0 Å². The third-order valence-electron chi connectivity index (χ3n) is 3.28. The summed E-state index contributed by atoms with van der Waals surface area (Å²) in [6.07, 6.45) is 1.63. The Morgan fingerprint density at radius 2 is 1.94 bits per heavy atom. The van der Waals surface area contributed by atoms with Gasteiger partial charge in [-0.25, -0.2) is 0 Å². The summed E-state index contributed by atoms with van der Waals surface area (Å²) in [5.74, 6) is 0. The van der Waals surface area contributed by atoms with Crippen LogP contribution >= 0.6 is 0 Å². The summed E-state index contributed by atoms with van der Waals surface area (Å²) in [6, 6.07) is 0. The molecule has 0 aliphatic carbocycles. The zero-order chi connectivity index (χ0) is 13.2. The molecule has 0 spiro atoms. The van der Waals surface area contributed by atoms with Gasteiger partial charge in [-0.2, -0.15) is 0 Å². The minimum absolute atomic E-state index is 0.0159. The Balaban J connectivity index is 1.62. The molecule has 3 unspecified atom stereocenters. The molecule has 0 N–H and O–H groups in total. The number of epoxide rings is 2. The van der Waals surface area contributed by atoms with Crippen molar-refractivity contribution < 1.29 is 18.9 Å². The SMILES string of the molecule is C=C(COC(C)(C)CC1CO1)C(C)OCC1CO1. The van der Waals surface area contributed by atoms with Gasteiger partial charge in [0.1, 0.15) is 6.10 Å². The first-order chi connectivity index (χ1) is 8.46. The largest absolute Gasteiger partial charge is 0.373 e. The normalized spacial score (nSPS) is 27.9.